The fraction of sp³-hybridized carbons (Fsp3) is 0.789. The first kappa shape index (κ1) is 16.3. The third kappa shape index (κ3) is 3.16. The van der Waals surface area contributed by atoms with Crippen LogP contribution in [0.4, 0.5) is 5.82 Å². The van der Waals surface area contributed by atoms with Crippen molar-refractivity contribution in [2.24, 2.45) is 0 Å². The van der Waals surface area contributed by atoms with E-state index in [1.165, 1.54) is 38.2 Å². The van der Waals surface area contributed by atoms with Gasteiger partial charge in [0.25, 0.3) is 0 Å². The van der Waals surface area contributed by atoms with Gasteiger partial charge in [-0.15, -0.1) is 0 Å². The molecule has 0 spiro atoms. The second-order valence-corrected chi connectivity index (χ2v) is 7.99. The first-order valence-electron chi connectivity index (χ1n) is 9.78. The molecule has 3 fully saturated rings. The molecular formula is C19H31N5. The molecule has 0 saturated carbocycles. The highest BCUT2D eigenvalue weighted by atomic mass is 15.3. The SMILES string of the molecule is CC(C)N1CC2CCCC(C1)N2c1ccnc(C2CCNCC2)n1. The molecule has 2 atom stereocenters. The van der Waals surface area contributed by atoms with Gasteiger partial charge in [-0.2, -0.15) is 0 Å². The van der Waals surface area contributed by atoms with Gasteiger partial charge in [-0.3, -0.25) is 4.90 Å². The van der Waals surface area contributed by atoms with Gasteiger partial charge in [0.05, 0.1) is 0 Å². The number of aromatic nitrogens is 2. The second-order valence-electron chi connectivity index (χ2n) is 7.99. The van der Waals surface area contributed by atoms with E-state index in [0.29, 0.717) is 24.0 Å². The van der Waals surface area contributed by atoms with Crippen molar-refractivity contribution >= 4 is 5.82 Å². The summed E-state index contributed by atoms with van der Waals surface area (Å²) in [6, 6.07) is 4.03. The number of rotatable bonds is 3. The minimum atomic E-state index is 0.531. The minimum absolute atomic E-state index is 0.531. The first-order chi connectivity index (χ1) is 11.7. The van der Waals surface area contributed by atoms with Gasteiger partial charge in [0.1, 0.15) is 11.6 Å². The molecule has 5 heteroatoms. The van der Waals surface area contributed by atoms with Gasteiger partial charge >= 0.3 is 0 Å². The highest BCUT2D eigenvalue weighted by molar-refractivity contribution is 5.43. The van der Waals surface area contributed by atoms with Crippen LogP contribution in [0.15, 0.2) is 12.3 Å². The van der Waals surface area contributed by atoms with Gasteiger partial charge in [0, 0.05) is 43.3 Å². The highest BCUT2D eigenvalue weighted by Gasteiger charge is 2.38. The molecule has 1 aromatic heterocycles. The lowest BCUT2D eigenvalue weighted by Crippen LogP contribution is -2.62. The van der Waals surface area contributed by atoms with Gasteiger partial charge in [-0.05, 0) is 65.1 Å². The van der Waals surface area contributed by atoms with Gasteiger partial charge in [0.15, 0.2) is 0 Å². The quantitative estimate of drug-likeness (QED) is 0.922. The highest BCUT2D eigenvalue weighted by Crippen LogP contribution is 2.34. The Morgan fingerprint density at radius 2 is 1.79 bits per heavy atom. The summed E-state index contributed by atoms with van der Waals surface area (Å²) in [5, 5.41) is 3.44. The van der Waals surface area contributed by atoms with E-state index in [-0.39, 0.29) is 0 Å². The predicted molar refractivity (Wildman–Crippen MR) is 97.5 cm³/mol. The molecular weight excluding hydrogens is 298 g/mol. The molecule has 4 heterocycles. The average Bonchev–Trinajstić information content (AvgIpc) is 2.61. The maximum Gasteiger partial charge on any atom is 0.133 e. The number of anilines is 1. The Morgan fingerprint density at radius 1 is 1.08 bits per heavy atom. The van der Waals surface area contributed by atoms with Crippen molar-refractivity contribution in [3.8, 4) is 0 Å². The molecule has 2 unspecified atom stereocenters. The van der Waals surface area contributed by atoms with E-state index >= 15 is 0 Å². The van der Waals surface area contributed by atoms with Crippen molar-refractivity contribution < 1.29 is 0 Å². The molecule has 132 valence electrons. The standard InChI is InChI=1S/C19H31N5/c1-14(2)23-12-16-4-3-5-17(13-23)24(16)18-8-11-21-19(22-18)15-6-9-20-10-7-15/h8,11,14-17,20H,3-7,9-10,12-13H2,1-2H3. The number of nitrogens with one attached hydrogen (secondary N) is 1. The molecule has 2 bridgehead atoms. The van der Waals surface area contributed by atoms with Gasteiger partial charge < -0.3 is 10.2 Å². The topological polar surface area (TPSA) is 44.3 Å². The number of nitrogens with zero attached hydrogens (tertiary/aromatic N) is 4. The summed E-state index contributed by atoms with van der Waals surface area (Å²) in [4.78, 5) is 14.9. The number of hydrogen-bond acceptors (Lipinski definition) is 5. The maximum atomic E-state index is 5.04. The van der Waals surface area contributed by atoms with Crippen LogP contribution in [-0.2, 0) is 0 Å². The molecule has 0 amide bonds. The average molecular weight is 329 g/mol. The van der Waals surface area contributed by atoms with Gasteiger partial charge in [-0.1, -0.05) is 0 Å². The smallest absolute Gasteiger partial charge is 0.133 e. The summed E-state index contributed by atoms with van der Waals surface area (Å²) in [6.07, 6.45) is 8.28. The van der Waals surface area contributed by atoms with E-state index in [0.717, 1.165) is 31.8 Å². The third-order valence-electron chi connectivity index (χ3n) is 6.11. The summed E-state index contributed by atoms with van der Waals surface area (Å²) in [5.41, 5.74) is 0. The zero-order chi connectivity index (χ0) is 16.5. The number of hydrogen-bond donors (Lipinski definition) is 1. The van der Waals surface area contributed by atoms with Crippen molar-refractivity contribution in [3.05, 3.63) is 18.1 Å². The minimum Gasteiger partial charge on any atom is -0.348 e. The van der Waals surface area contributed by atoms with Crippen molar-refractivity contribution in [1.82, 2.24) is 20.2 Å². The Kier molecular flexibility index (Phi) is 4.72. The molecule has 24 heavy (non-hydrogen) atoms. The Morgan fingerprint density at radius 3 is 2.46 bits per heavy atom. The molecule has 0 aliphatic carbocycles. The van der Waals surface area contributed by atoms with Gasteiger partial charge in [0.2, 0.25) is 0 Å². The molecule has 3 saturated heterocycles. The number of likely N-dealkylation sites (tertiary alicyclic amines) is 1. The summed E-state index contributed by atoms with van der Waals surface area (Å²) in [6.45, 7) is 9.20. The first-order valence-corrected chi connectivity index (χ1v) is 9.78. The Labute approximate surface area is 145 Å². The number of piperidine rings is 2. The van der Waals surface area contributed by atoms with E-state index in [9.17, 15) is 0 Å². The lowest BCUT2D eigenvalue weighted by molar-refractivity contribution is 0.125. The molecule has 3 aliphatic rings. The summed E-state index contributed by atoms with van der Waals surface area (Å²) in [7, 11) is 0. The zero-order valence-electron chi connectivity index (χ0n) is 15.1. The van der Waals surface area contributed by atoms with Crippen LogP contribution in [0, 0.1) is 0 Å². The van der Waals surface area contributed by atoms with Crippen molar-refractivity contribution in [2.45, 2.75) is 70.0 Å². The molecule has 3 aliphatic heterocycles. The summed E-state index contributed by atoms with van der Waals surface area (Å²) >= 11 is 0. The predicted octanol–water partition coefficient (Wildman–Crippen LogP) is 2.40. The van der Waals surface area contributed by atoms with Crippen LogP contribution in [0.3, 0.4) is 0 Å². The molecule has 0 aromatic carbocycles. The maximum absolute atomic E-state index is 5.04. The van der Waals surface area contributed by atoms with Crippen molar-refractivity contribution in [1.29, 1.82) is 0 Å². The molecule has 5 nitrogen and oxygen atoms in total. The Hall–Kier alpha value is -1.20. The van der Waals surface area contributed by atoms with E-state index < -0.39 is 0 Å². The molecule has 0 radical (unpaired) electrons. The van der Waals surface area contributed by atoms with E-state index in [1.54, 1.807) is 0 Å². The summed E-state index contributed by atoms with van der Waals surface area (Å²) < 4.78 is 0. The molecule has 1 aromatic rings. The van der Waals surface area contributed by atoms with Crippen LogP contribution in [0.1, 0.15) is 57.7 Å². The van der Waals surface area contributed by atoms with Crippen LogP contribution in [0.25, 0.3) is 0 Å². The van der Waals surface area contributed by atoms with Crippen molar-refractivity contribution in [3.63, 3.8) is 0 Å². The lowest BCUT2D eigenvalue weighted by Gasteiger charge is -2.52. The van der Waals surface area contributed by atoms with Crippen LogP contribution < -0.4 is 10.2 Å². The fourth-order valence-electron chi connectivity index (χ4n) is 4.72. The van der Waals surface area contributed by atoms with E-state index in [2.05, 4.69) is 40.0 Å². The lowest BCUT2D eigenvalue weighted by atomic mass is 9.90. The van der Waals surface area contributed by atoms with Crippen LogP contribution in [0.2, 0.25) is 0 Å². The fourth-order valence-corrected chi connectivity index (χ4v) is 4.72. The van der Waals surface area contributed by atoms with E-state index in [4.69, 9.17) is 4.98 Å². The van der Waals surface area contributed by atoms with Gasteiger partial charge in [-0.25, -0.2) is 9.97 Å². The second kappa shape index (κ2) is 6.96. The number of fused-ring (bicyclic) bond motifs is 2. The van der Waals surface area contributed by atoms with Crippen LogP contribution in [-0.4, -0.2) is 59.2 Å². The third-order valence-corrected chi connectivity index (χ3v) is 6.11. The Balaban J connectivity index is 1.57. The number of piperazine rings is 1. The summed E-state index contributed by atoms with van der Waals surface area (Å²) in [5.74, 6) is 2.78. The monoisotopic (exact) mass is 329 g/mol. The zero-order valence-corrected chi connectivity index (χ0v) is 15.1. The molecule has 1 N–H and O–H groups in total. The van der Waals surface area contributed by atoms with Crippen LogP contribution >= 0.6 is 0 Å². The van der Waals surface area contributed by atoms with E-state index in [1.807, 2.05) is 6.20 Å². The van der Waals surface area contributed by atoms with Crippen LogP contribution in [0.5, 0.6) is 0 Å². The van der Waals surface area contributed by atoms with Crippen molar-refractivity contribution in [2.75, 3.05) is 31.1 Å². The molecule has 4 rings (SSSR count). The largest absolute Gasteiger partial charge is 0.348 e. The Bertz CT molecular complexity index is 540. The normalized spacial score (nSPS) is 29.2.